The van der Waals surface area contributed by atoms with E-state index in [0.29, 0.717) is 6.42 Å². The molecule has 0 aromatic carbocycles. The molecule has 16 nitrogen and oxygen atoms in total. The normalized spacial score (nSPS) is 23.4. The van der Waals surface area contributed by atoms with Gasteiger partial charge in [0, 0.05) is 34.2 Å². The summed E-state index contributed by atoms with van der Waals surface area (Å²) in [5, 5.41) is 8.78. The summed E-state index contributed by atoms with van der Waals surface area (Å²) in [6.07, 6.45) is -6.41. The number of aliphatic imine (C=N–C) groups is 1. The molecule has 220 valence electrons. The summed E-state index contributed by atoms with van der Waals surface area (Å²) in [5.74, 6) is -4.42. The van der Waals surface area contributed by atoms with Gasteiger partial charge in [0.05, 0.1) is 0 Å². The molecular weight excluding hydrogens is 559 g/mol. The van der Waals surface area contributed by atoms with E-state index in [0.717, 1.165) is 27.7 Å². The van der Waals surface area contributed by atoms with Crippen molar-refractivity contribution in [1.82, 2.24) is 5.48 Å². The molecule has 38 heavy (non-hydrogen) atoms. The monoisotopic (exact) mass is 592 g/mol. The topological polar surface area (TPSA) is 237 Å². The fraction of sp³-hybridized carbons (Fsp3) is 0.700. The number of esters is 4. The zero-order valence-corrected chi connectivity index (χ0v) is 22.8. The van der Waals surface area contributed by atoms with Gasteiger partial charge in [-0.25, -0.2) is 10.3 Å². The quantitative estimate of drug-likeness (QED) is 0.0527. The lowest BCUT2D eigenvalue weighted by Gasteiger charge is -2.43. The molecule has 0 aromatic heterocycles. The number of carbonyl (C=O) groups is 5. The fourth-order valence-corrected chi connectivity index (χ4v) is 3.07. The van der Waals surface area contributed by atoms with Crippen LogP contribution in [0.2, 0.25) is 0 Å². The van der Waals surface area contributed by atoms with E-state index in [2.05, 4.69) is 10.5 Å². The molecule has 1 aliphatic rings. The second-order valence-electron chi connectivity index (χ2n) is 7.64. The SMILES string of the molecule is CC(=O)OC[C@H]1O[C@@H](ONC(N)=NCCC[C@H](N)C(=O)O)[C@H](OC(C)=O)[C@@H](OC(C)=O)[C@H]1OC(C)=O.Cl.Cl. The number of aliphatic carboxylic acids is 1. The van der Waals surface area contributed by atoms with Crippen molar-refractivity contribution in [3.05, 3.63) is 0 Å². The zero-order valence-electron chi connectivity index (χ0n) is 21.1. The Morgan fingerprint density at radius 1 is 0.921 bits per heavy atom. The number of nitrogens with two attached hydrogens (primary N) is 2. The van der Waals surface area contributed by atoms with Crippen molar-refractivity contribution >= 4 is 60.6 Å². The van der Waals surface area contributed by atoms with Gasteiger partial charge in [-0.15, -0.1) is 24.8 Å². The maximum absolute atomic E-state index is 11.8. The Morgan fingerprint density at radius 2 is 1.45 bits per heavy atom. The van der Waals surface area contributed by atoms with Crippen LogP contribution in [0, 0.1) is 0 Å². The predicted octanol–water partition coefficient (Wildman–Crippen LogP) is -1.06. The van der Waals surface area contributed by atoms with Crippen molar-refractivity contribution in [3.8, 4) is 0 Å². The Hall–Kier alpha value is -2.92. The number of hydrogen-bond acceptors (Lipinski definition) is 13. The van der Waals surface area contributed by atoms with E-state index in [9.17, 15) is 24.0 Å². The van der Waals surface area contributed by atoms with Gasteiger partial charge in [-0.2, -0.15) is 0 Å². The van der Waals surface area contributed by atoms with Gasteiger partial charge in [0.2, 0.25) is 12.2 Å². The molecule has 1 rings (SSSR count). The molecule has 1 aliphatic heterocycles. The molecule has 0 amide bonds. The Labute approximate surface area is 230 Å². The average molecular weight is 593 g/mol. The number of rotatable bonds is 12. The summed E-state index contributed by atoms with van der Waals surface area (Å²) < 4.78 is 26.4. The number of carbonyl (C=O) groups excluding carboxylic acids is 4. The summed E-state index contributed by atoms with van der Waals surface area (Å²) in [5.41, 5.74) is 13.4. The molecule has 0 aliphatic carbocycles. The van der Waals surface area contributed by atoms with Crippen LogP contribution >= 0.6 is 24.8 Å². The minimum atomic E-state index is -1.50. The Kier molecular flexibility index (Phi) is 18.0. The smallest absolute Gasteiger partial charge is 0.320 e. The van der Waals surface area contributed by atoms with Crippen LogP contribution in [-0.4, -0.2) is 90.8 Å². The Morgan fingerprint density at radius 3 is 1.95 bits per heavy atom. The van der Waals surface area contributed by atoms with Crippen LogP contribution in [0.15, 0.2) is 4.99 Å². The minimum Gasteiger partial charge on any atom is -0.480 e. The van der Waals surface area contributed by atoms with E-state index in [1.54, 1.807) is 0 Å². The molecule has 1 saturated heterocycles. The van der Waals surface area contributed by atoms with E-state index >= 15 is 0 Å². The fourth-order valence-electron chi connectivity index (χ4n) is 3.07. The van der Waals surface area contributed by atoms with E-state index in [4.69, 9.17) is 45.1 Å². The van der Waals surface area contributed by atoms with Gasteiger partial charge in [0.25, 0.3) is 0 Å². The number of guanidine groups is 1. The number of nitrogens with one attached hydrogen (secondary N) is 1. The van der Waals surface area contributed by atoms with Crippen LogP contribution in [0.25, 0.3) is 0 Å². The molecular formula is C20H34Cl2N4O12. The molecule has 0 aromatic rings. The molecule has 6 N–H and O–H groups in total. The van der Waals surface area contributed by atoms with Crippen LogP contribution in [0.3, 0.4) is 0 Å². The second kappa shape index (κ2) is 18.4. The molecule has 6 atom stereocenters. The first-order valence-electron chi connectivity index (χ1n) is 10.8. The first kappa shape index (κ1) is 37.2. The first-order valence-corrected chi connectivity index (χ1v) is 10.8. The summed E-state index contributed by atoms with van der Waals surface area (Å²) in [4.78, 5) is 66.7. The minimum absolute atomic E-state index is 0. The van der Waals surface area contributed by atoms with Crippen molar-refractivity contribution in [1.29, 1.82) is 0 Å². The summed E-state index contributed by atoms with van der Waals surface area (Å²) in [7, 11) is 0. The maximum atomic E-state index is 11.8. The van der Waals surface area contributed by atoms with Gasteiger partial charge in [-0.05, 0) is 12.8 Å². The van der Waals surface area contributed by atoms with Gasteiger partial charge >= 0.3 is 29.8 Å². The lowest BCUT2D eigenvalue weighted by Crippen LogP contribution is -2.63. The highest BCUT2D eigenvalue weighted by Crippen LogP contribution is 2.29. The van der Waals surface area contributed by atoms with E-state index in [1.807, 2.05) is 0 Å². The van der Waals surface area contributed by atoms with Crippen LogP contribution in [0.5, 0.6) is 0 Å². The number of carboxylic acid groups (broad SMARTS) is 1. The predicted molar refractivity (Wildman–Crippen MR) is 132 cm³/mol. The molecule has 1 fully saturated rings. The number of halogens is 2. The first-order chi connectivity index (χ1) is 16.8. The lowest BCUT2D eigenvalue weighted by molar-refractivity contribution is -0.316. The largest absolute Gasteiger partial charge is 0.480 e. The maximum Gasteiger partial charge on any atom is 0.320 e. The highest BCUT2D eigenvalue weighted by Gasteiger charge is 2.53. The summed E-state index contributed by atoms with van der Waals surface area (Å²) in [6, 6.07) is -1.04. The Balaban J connectivity index is 0. The molecule has 0 radical (unpaired) electrons. The van der Waals surface area contributed by atoms with Gasteiger partial charge in [0.1, 0.15) is 18.8 Å². The molecule has 0 saturated carbocycles. The molecule has 0 unspecified atom stereocenters. The van der Waals surface area contributed by atoms with Gasteiger partial charge < -0.3 is 40.3 Å². The number of hydroxylamine groups is 1. The molecule has 1 heterocycles. The van der Waals surface area contributed by atoms with Crippen LogP contribution < -0.4 is 16.9 Å². The number of nitrogens with zero attached hydrogens (tertiary/aromatic N) is 1. The average Bonchev–Trinajstić information content (AvgIpc) is 2.76. The van der Waals surface area contributed by atoms with Crippen molar-refractivity contribution in [2.45, 2.75) is 77.3 Å². The van der Waals surface area contributed by atoms with Crippen LogP contribution in [0.1, 0.15) is 40.5 Å². The van der Waals surface area contributed by atoms with Crippen LogP contribution in [-0.2, 0) is 52.5 Å². The van der Waals surface area contributed by atoms with Crippen molar-refractivity contribution in [2.24, 2.45) is 16.5 Å². The van der Waals surface area contributed by atoms with Gasteiger partial charge in [0.15, 0.2) is 18.3 Å². The summed E-state index contributed by atoms with van der Waals surface area (Å²) in [6.45, 7) is 4.09. The van der Waals surface area contributed by atoms with Crippen molar-refractivity contribution < 1.29 is 57.6 Å². The summed E-state index contributed by atoms with van der Waals surface area (Å²) >= 11 is 0. The molecule has 18 heteroatoms. The molecule has 0 bridgehead atoms. The zero-order chi connectivity index (χ0) is 27.4. The lowest BCUT2D eigenvalue weighted by atomic mass is 9.98. The van der Waals surface area contributed by atoms with E-state index in [1.165, 1.54) is 0 Å². The van der Waals surface area contributed by atoms with Gasteiger partial charge in [-0.3, -0.25) is 29.0 Å². The highest BCUT2D eigenvalue weighted by molar-refractivity contribution is 5.85. The van der Waals surface area contributed by atoms with Crippen LogP contribution in [0.4, 0.5) is 0 Å². The standard InChI is InChI=1S/C20H32N4O12.2ClH/c1-9(25)31-8-14-15(32-10(2)26)16(33-11(3)27)17(34-12(4)28)19(35-14)36-24-20(22)23-7-5-6-13(21)18(29)30;;/h13-17,19H,5-8,21H2,1-4H3,(H,29,30)(H3,22,23,24);2*1H/t13-,14+,15-,16-,17+,19-;;/m0../s1. The van der Waals surface area contributed by atoms with Gasteiger partial charge in [-0.1, -0.05) is 0 Å². The molecule has 0 spiro atoms. The number of carboxylic acids is 1. The third-order valence-corrected chi connectivity index (χ3v) is 4.50. The third kappa shape index (κ3) is 13.6. The van der Waals surface area contributed by atoms with Crippen molar-refractivity contribution in [2.75, 3.05) is 13.2 Å². The third-order valence-electron chi connectivity index (χ3n) is 4.50. The second-order valence-corrected chi connectivity index (χ2v) is 7.64. The highest BCUT2D eigenvalue weighted by atomic mass is 35.5. The van der Waals surface area contributed by atoms with E-state index < -0.39 is 73.2 Å². The number of ether oxygens (including phenoxy) is 5. The van der Waals surface area contributed by atoms with Crippen molar-refractivity contribution in [3.63, 3.8) is 0 Å². The Bertz CT molecular complexity index is 847. The number of hydrogen-bond donors (Lipinski definition) is 4. The van der Waals surface area contributed by atoms with E-state index in [-0.39, 0.29) is 43.7 Å².